The highest BCUT2D eigenvalue weighted by Crippen LogP contribution is 2.45. The quantitative estimate of drug-likeness (QED) is 0.264. The summed E-state index contributed by atoms with van der Waals surface area (Å²) in [4.78, 5) is 24.6. The van der Waals surface area contributed by atoms with Gasteiger partial charge in [-0.15, -0.1) is 0 Å². The first-order valence-corrected chi connectivity index (χ1v) is 10.3. The van der Waals surface area contributed by atoms with Gasteiger partial charge in [-0.2, -0.15) is 52.7 Å². The number of esters is 2. The van der Waals surface area contributed by atoms with Gasteiger partial charge in [0.1, 0.15) is 12.2 Å². The fraction of sp³-hybridized carbons (Fsp3) is 0.889. The van der Waals surface area contributed by atoms with Gasteiger partial charge in [0.25, 0.3) is 12.2 Å². The molecule has 0 aromatic heterocycles. The first-order valence-electron chi connectivity index (χ1n) is 10.3. The second-order valence-corrected chi connectivity index (χ2v) is 8.56. The summed E-state index contributed by atoms with van der Waals surface area (Å²) < 4.78 is 182. The Morgan fingerprint density at radius 2 is 1.24 bits per heavy atom. The molecule has 0 aromatic carbocycles. The zero-order valence-corrected chi connectivity index (χ0v) is 18.5. The van der Waals surface area contributed by atoms with E-state index in [1.807, 2.05) is 0 Å². The summed E-state index contributed by atoms with van der Waals surface area (Å²) in [6, 6.07) is 0. The normalized spacial score (nSPS) is 30.2. The van der Waals surface area contributed by atoms with Crippen molar-refractivity contribution in [1.29, 1.82) is 0 Å². The van der Waals surface area contributed by atoms with Gasteiger partial charge >= 0.3 is 36.6 Å². The van der Waals surface area contributed by atoms with E-state index in [-0.39, 0.29) is 6.61 Å². The van der Waals surface area contributed by atoms with Crippen LogP contribution in [0.2, 0.25) is 0 Å². The molecule has 0 amide bonds. The monoisotopic (exact) mass is 588 g/mol. The van der Waals surface area contributed by atoms with E-state index in [4.69, 9.17) is 18.9 Å². The van der Waals surface area contributed by atoms with Crippen LogP contribution in [0.3, 0.4) is 0 Å². The molecule has 3 aliphatic heterocycles. The molecule has 0 aliphatic carbocycles. The largest absolute Gasteiger partial charge is 0.442 e. The number of carbonyl (C=O) groups is 2. The topological polar surface area (TPSA) is 89.5 Å². The summed E-state index contributed by atoms with van der Waals surface area (Å²) in [7, 11) is 0. The molecule has 0 spiro atoms. The molecule has 38 heavy (non-hydrogen) atoms. The van der Waals surface area contributed by atoms with Crippen molar-refractivity contribution in [2.75, 3.05) is 6.61 Å². The van der Waals surface area contributed by atoms with Gasteiger partial charge in [-0.1, -0.05) is 0 Å². The number of hydrogen-bond donors (Lipinski definition) is 0. The summed E-state index contributed by atoms with van der Waals surface area (Å²) in [6.07, 6.45) is -40.0. The lowest BCUT2D eigenvalue weighted by Crippen LogP contribution is -2.50. The van der Waals surface area contributed by atoms with E-state index in [1.54, 1.807) is 0 Å². The first kappa shape index (κ1) is 30.5. The molecule has 0 bridgehead atoms. The lowest BCUT2D eigenvalue weighted by atomic mass is 9.99. The van der Waals surface area contributed by atoms with Crippen LogP contribution in [0.1, 0.15) is 19.8 Å². The summed E-state index contributed by atoms with van der Waals surface area (Å²) in [5.41, 5.74) is 0. The number of halogens is 12. The highest BCUT2D eigenvalue weighted by molar-refractivity contribution is 5.95. The van der Waals surface area contributed by atoms with Gasteiger partial charge in [-0.05, 0) is 13.3 Å². The molecule has 220 valence electrons. The second-order valence-electron chi connectivity index (χ2n) is 8.56. The fourth-order valence-corrected chi connectivity index (χ4v) is 3.99. The van der Waals surface area contributed by atoms with Gasteiger partial charge in [-0.25, -0.2) is 0 Å². The number of ether oxygens (including phenoxy) is 6. The number of carbonyl (C=O) groups excluding carboxylic acids is 2. The Balaban J connectivity index is 1.88. The van der Waals surface area contributed by atoms with E-state index in [2.05, 4.69) is 9.47 Å². The van der Waals surface area contributed by atoms with Gasteiger partial charge in [0.15, 0.2) is 18.0 Å². The zero-order valence-electron chi connectivity index (χ0n) is 18.5. The second kappa shape index (κ2) is 9.84. The highest BCUT2D eigenvalue weighted by Gasteiger charge is 2.64. The van der Waals surface area contributed by atoms with Crippen LogP contribution < -0.4 is 0 Å². The molecule has 3 fully saturated rings. The average molecular weight is 588 g/mol. The van der Waals surface area contributed by atoms with Crippen LogP contribution in [-0.2, 0) is 38.0 Å². The number of alkyl halides is 12. The highest BCUT2D eigenvalue weighted by atomic mass is 19.4. The maximum Gasteiger partial charge on any atom is 0.434 e. The summed E-state index contributed by atoms with van der Waals surface area (Å²) in [6.45, 7) is 1.04. The van der Waals surface area contributed by atoms with Crippen LogP contribution in [0, 0.1) is 5.92 Å². The van der Waals surface area contributed by atoms with Gasteiger partial charge in [0.2, 0.25) is 0 Å². The minimum absolute atomic E-state index is 0.187. The van der Waals surface area contributed by atoms with E-state index in [1.165, 1.54) is 0 Å². The SMILES string of the molecule is CC1(CC(C(=O)OC(C(F)(F)F)C(F)(F)F)C(=O)OC(C(F)(F)F)C(F)(F)F)OC2OC3CCOC3C2O1. The standard InChI is InChI=1S/C18H16F12O8/c1-14(37-8-7-6(2-3-33-7)34-11(8)38-14)4-5(9(31)35-12(15(19,20)21)16(22,23)24)10(32)36-13(17(25,26)27)18(28,29)30/h5-8,11-13H,2-4H2,1H3. The molecule has 3 heterocycles. The van der Waals surface area contributed by atoms with Crippen molar-refractivity contribution in [3.63, 3.8) is 0 Å². The minimum Gasteiger partial charge on any atom is -0.442 e. The van der Waals surface area contributed by atoms with Crippen LogP contribution in [0.15, 0.2) is 0 Å². The van der Waals surface area contributed by atoms with E-state index in [0.29, 0.717) is 6.42 Å². The van der Waals surface area contributed by atoms with E-state index in [0.717, 1.165) is 6.92 Å². The van der Waals surface area contributed by atoms with E-state index < -0.39 is 91.6 Å². The van der Waals surface area contributed by atoms with Gasteiger partial charge in [0.05, 0.1) is 6.10 Å². The Kier molecular flexibility index (Phi) is 7.90. The van der Waals surface area contributed by atoms with Crippen molar-refractivity contribution in [1.82, 2.24) is 0 Å². The fourth-order valence-electron chi connectivity index (χ4n) is 3.99. The summed E-state index contributed by atoms with van der Waals surface area (Å²) in [5.74, 6) is -11.2. The van der Waals surface area contributed by atoms with Crippen LogP contribution in [0.4, 0.5) is 52.7 Å². The van der Waals surface area contributed by atoms with Crippen molar-refractivity contribution in [3.05, 3.63) is 0 Å². The van der Waals surface area contributed by atoms with Crippen LogP contribution in [0.25, 0.3) is 0 Å². The molecule has 0 N–H and O–H groups in total. The Labute approximate surface area is 203 Å². The minimum atomic E-state index is -6.33. The molecule has 5 atom stereocenters. The number of fused-ring (bicyclic) bond motifs is 3. The number of rotatable bonds is 6. The predicted molar refractivity (Wildman–Crippen MR) is 89.5 cm³/mol. The molecular weight excluding hydrogens is 572 g/mol. The molecule has 0 saturated carbocycles. The molecule has 3 saturated heterocycles. The van der Waals surface area contributed by atoms with Crippen molar-refractivity contribution in [2.45, 2.75) is 87.1 Å². The third kappa shape index (κ3) is 6.56. The van der Waals surface area contributed by atoms with Crippen molar-refractivity contribution in [3.8, 4) is 0 Å². The van der Waals surface area contributed by atoms with Crippen molar-refractivity contribution >= 4 is 11.9 Å². The molecule has 3 aliphatic rings. The lowest BCUT2D eigenvalue weighted by molar-refractivity contribution is -0.319. The first-order chi connectivity index (χ1) is 17.0. The van der Waals surface area contributed by atoms with Crippen molar-refractivity contribution < 1.29 is 90.7 Å². The molecule has 5 unspecified atom stereocenters. The molecule has 0 aromatic rings. The van der Waals surface area contributed by atoms with Crippen LogP contribution in [-0.4, -0.2) is 85.8 Å². The Hall–Kier alpha value is -2.06. The Morgan fingerprint density at radius 3 is 1.66 bits per heavy atom. The molecular formula is C18H16F12O8. The van der Waals surface area contributed by atoms with Gasteiger partial charge in [0, 0.05) is 13.0 Å². The molecule has 3 rings (SSSR count). The Morgan fingerprint density at radius 1 is 0.789 bits per heavy atom. The molecule has 8 nitrogen and oxygen atoms in total. The third-order valence-corrected chi connectivity index (χ3v) is 5.53. The Bertz CT molecular complexity index is 826. The van der Waals surface area contributed by atoms with Gasteiger partial charge in [-0.3, -0.25) is 9.59 Å². The van der Waals surface area contributed by atoms with Crippen LogP contribution >= 0.6 is 0 Å². The predicted octanol–water partition coefficient (Wildman–Crippen LogP) is 3.71. The maximum absolute atomic E-state index is 12.8. The lowest BCUT2D eigenvalue weighted by Gasteiger charge is -2.31. The van der Waals surface area contributed by atoms with E-state index >= 15 is 0 Å². The van der Waals surface area contributed by atoms with Crippen molar-refractivity contribution in [2.24, 2.45) is 5.92 Å². The number of hydrogen-bond acceptors (Lipinski definition) is 8. The average Bonchev–Trinajstić information content (AvgIpc) is 3.35. The van der Waals surface area contributed by atoms with E-state index in [9.17, 15) is 62.3 Å². The van der Waals surface area contributed by atoms with Crippen LogP contribution in [0.5, 0.6) is 0 Å². The maximum atomic E-state index is 12.8. The van der Waals surface area contributed by atoms with Gasteiger partial charge < -0.3 is 28.4 Å². The molecule has 20 heteroatoms. The zero-order chi connectivity index (χ0) is 29.1. The molecule has 0 radical (unpaired) electrons. The third-order valence-electron chi connectivity index (χ3n) is 5.53. The summed E-state index contributed by atoms with van der Waals surface area (Å²) >= 11 is 0. The smallest absolute Gasteiger partial charge is 0.434 e. The summed E-state index contributed by atoms with van der Waals surface area (Å²) in [5, 5.41) is 0.